The van der Waals surface area contributed by atoms with E-state index in [0.717, 1.165) is 11.1 Å². The SMILES string of the molecule is CC(C)(C)n1ccc2c(N)cccc21. The van der Waals surface area contributed by atoms with E-state index in [-0.39, 0.29) is 5.54 Å². The Morgan fingerprint density at radius 1 is 1.14 bits per heavy atom. The van der Waals surface area contributed by atoms with Crippen LogP contribution in [0.15, 0.2) is 30.5 Å². The number of nitrogen functional groups attached to an aromatic ring is 1. The minimum atomic E-state index is 0.107. The van der Waals surface area contributed by atoms with Gasteiger partial charge in [0.15, 0.2) is 0 Å². The zero-order valence-electron chi connectivity index (χ0n) is 8.91. The first-order valence-corrected chi connectivity index (χ1v) is 4.86. The van der Waals surface area contributed by atoms with Crippen LogP contribution in [0.4, 0.5) is 5.69 Å². The van der Waals surface area contributed by atoms with Gasteiger partial charge in [-0.1, -0.05) is 6.07 Å². The van der Waals surface area contributed by atoms with E-state index in [1.54, 1.807) is 0 Å². The van der Waals surface area contributed by atoms with Gasteiger partial charge in [-0.25, -0.2) is 0 Å². The Hall–Kier alpha value is -1.44. The second kappa shape index (κ2) is 2.77. The summed E-state index contributed by atoms with van der Waals surface area (Å²) in [5.41, 5.74) is 8.06. The molecule has 0 saturated carbocycles. The molecule has 0 aliphatic rings. The molecule has 0 aliphatic carbocycles. The lowest BCUT2D eigenvalue weighted by molar-refractivity contribution is 0.411. The van der Waals surface area contributed by atoms with Crippen molar-refractivity contribution in [3.05, 3.63) is 30.5 Å². The van der Waals surface area contributed by atoms with E-state index in [9.17, 15) is 0 Å². The normalized spacial score (nSPS) is 12.2. The highest BCUT2D eigenvalue weighted by Gasteiger charge is 2.15. The monoisotopic (exact) mass is 188 g/mol. The predicted octanol–water partition coefficient (Wildman–Crippen LogP) is 2.98. The first-order chi connectivity index (χ1) is 6.50. The van der Waals surface area contributed by atoms with Crippen LogP contribution in [0.3, 0.4) is 0 Å². The number of anilines is 1. The van der Waals surface area contributed by atoms with Gasteiger partial charge in [0, 0.05) is 22.8 Å². The molecule has 0 bridgehead atoms. The van der Waals surface area contributed by atoms with Gasteiger partial charge in [-0.05, 0) is 39.0 Å². The van der Waals surface area contributed by atoms with Gasteiger partial charge in [0.25, 0.3) is 0 Å². The van der Waals surface area contributed by atoms with Crippen LogP contribution in [0.1, 0.15) is 20.8 Å². The lowest BCUT2D eigenvalue weighted by atomic mass is 10.1. The average Bonchev–Trinajstić information content (AvgIpc) is 2.47. The first kappa shape index (κ1) is 9.13. The molecule has 74 valence electrons. The lowest BCUT2D eigenvalue weighted by Gasteiger charge is -2.22. The summed E-state index contributed by atoms with van der Waals surface area (Å²) >= 11 is 0. The van der Waals surface area contributed by atoms with E-state index in [2.05, 4.69) is 43.7 Å². The van der Waals surface area contributed by atoms with Crippen LogP contribution in [-0.4, -0.2) is 4.57 Å². The van der Waals surface area contributed by atoms with Gasteiger partial charge < -0.3 is 10.3 Å². The molecule has 14 heavy (non-hydrogen) atoms. The summed E-state index contributed by atoms with van der Waals surface area (Å²) in [6, 6.07) is 8.13. The molecule has 0 saturated heterocycles. The Labute approximate surface area is 84.3 Å². The largest absolute Gasteiger partial charge is 0.398 e. The second-order valence-corrected chi connectivity index (χ2v) is 4.64. The van der Waals surface area contributed by atoms with Crippen LogP contribution in [0.5, 0.6) is 0 Å². The van der Waals surface area contributed by atoms with Gasteiger partial charge in [0.2, 0.25) is 0 Å². The molecule has 0 aliphatic heterocycles. The van der Waals surface area contributed by atoms with Crippen molar-refractivity contribution in [1.29, 1.82) is 0 Å². The maximum atomic E-state index is 5.90. The Balaban J connectivity index is 2.76. The van der Waals surface area contributed by atoms with Crippen molar-refractivity contribution in [2.24, 2.45) is 0 Å². The van der Waals surface area contributed by atoms with Gasteiger partial charge in [0.1, 0.15) is 0 Å². The fourth-order valence-corrected chi connectivity index (χ4v) is 1.78. The third-order valence-corrected chi connectivity index (χ3v) is 2.49. The number of fused-ring (bicyclic) bond motifs is 1. The highest BCUT2D eigenvalue weighted by atomic mass is 15.0. The maximum absolute atomic E-state index is 5.90. The molecule has 2 N–H and O–H groups in total. The summed E-state index contributed by atoms with van der Waals surface area (Å²) in [5.74, 6) is 0. The van der Waals surface area contributed by atoms with Gasteiger partial charge in [-0.15, -0.1) is 0 Å². The zero-order chi connectivity index (χ0) is 10.3. The number of nitrogens with two attached hydrogens (primary N) is 1. The van der Waals surface area contributed by atoms with Crippen LogP contribution >= 0.6 is 0 Å². The highest BCUT2D eigenvalue weighted by Crippen LogP contribution is 2.27. The van der Waals surface area contributed by atoms with Crippen LogP contribution in [0.25, 0.3) is 10.9 Å². The summed E-state index contributed by atoms with van der Waals surface area (Å²) in [4.78, 5) is 0. The fraction of sp³-hybridized carbons (Fsp3) is 0.333. The maximum Gasteiger partial charge on any atom is 0.0506 e. The van der Waals surface area contributed by atoms with Crippen molar-refractivity contribution < 1.29 is 0 Å². The standard InChI is InChI=1S/C12H16N2/c1-12(2,3)14-8-7-9-10(13)5-4-6-11(9)14/h4-8H,13H2,1-3H3. The molecule has 2 aromatic rings. The Kier molecular flexibility index (Phi) is 1.81. The van der Waals surface area contributed by atoms with Crippen molar-refractivity contribution in [3.8, 4) is 0 Å². The summed E-state index contributed by atoms with van der Waals surface area (Å²) in [7, 11) is 0. The van der Waals surface area contributed by atoms with Crippen molar-refractivity contribution in [2.75, 3.05) is 5.73 Å². The van der Waals surface area contributed by atoms with Crippen molar-refractivity contribution >= 4 is 16.6 Å². The first-order valence-electron chi connectivity index (χ1n) is 4.86. The van der Waals surface area contributed by atoms with Gasteiger partial charge in [-0.3, -0.25) is 0 Å². The number of benzene rings is 1. The fourth-order valence-electron chi connectivity index (χ4n) is 1.78. The zero-order valence-corrected chi connectivity index (χ0v) is 8.91. The number of nitrogens with zero attached hydrogens (tertiary/aromatic N) is 1. The van der Waals surface area contributed by atoms with Crippen LogP contribution in [0, 0.1) is 0 Å². The summed E-state index contributed by atoms with van der Waals surface area (Å²) in [6.45, 7) is 6.57. The van der Waals surface area contributed by atoms with Crippen LogP contribution in [0.2, 0.25) is 0 Å². The molecular formula is C12H16N2. The summed E-state index contributed by atoms with van der Waals surface area (Å²) in [6.07, 6.45) is 2.10. The highest BCUT2D eigenvalue weighted by molar-refractivity contribution is 5.91. The number of rotatable bonds is 0. The topological polar surface area (TPSA) is 30.9 Å². The van der Waals surface area contributed by atoms with Gasteiger partial charge >= 0.3 is 0 Å². The number of hydrogen-bond donors (Lipinski definition) is 1. The smallest absolute Gasteiger partial charge is 0.0506 e. The molecule has 0 spiro atoms. The minimum Gasteiger partial charge on any atom is -0.398 e. The summed E-state index contributed by atoms with van der Waals surface area (Å²) in [5, 5.41) is 1.14. The third-order valence-electron chi connectivity index (χ3n) is 2.49. The molecule has 2 nitrogen and oxygen atoms in total. The van der Waals surface area contributed by atoms with Gasteiger partial charge in [-0.2, -0.15) is 0 Å². The average molecular weight is 188 g/mol. The molecular weight excluding hydrogens is 172 g/mol. The van der Waals surface area contributed by atoms with Crippen LogP contribution < -0.4 is 5.73 Å². The van der Waals surface area contributed by atoms with E-state index in [4.69, 9.17) is 5.73 Å². The molecule has 0 atom stereocenters. The second-order valence-electron chi connectivity index (χ2n) is 4.64. The molecule has 0 unspecified atom stereocenters. The molecule has 1 heterocycles. The Morgan fingerprint density at radius 2 is 1.86 bits per heavy atom. The van der Waals surface area contributed by atoms with Gasteiger partial charge in [0.05, 0.1) is 5.52 Å². The molecule has 2 rings (SSSR count). The van der Waals surface area contributed by atoms with Crippen LogP contribution in [-0.2, 0) is 5.54 Å². The Bertz CT molecular complexity index is 461. The van der Waals surface area contributed by atoms with Crippen molar-refractivity contribution in [1.82, 2.24) is 4.57 Å². The molecule has 0 fully saturated rings. The van der Waals surface area contributed by atoms with Crippen molar-refractivity contribution in [2.45, 2.75) is 26.3 Å². The predicted molar refractivity (Wildman–Crippen MR) is 61.3 cm³/mol. The van der Waals surface area contributed by atoms with E-state index in [1.165, 1.54) is 5.52 Å². The molecule has 2 heteroatoms. The number of hydrogen-bond acceptors (Lipinski definition) is 1. The van der Waals surface area contributed by atoms with E-state index >= 15 is 0 Å². The quantitative estimate of drug-likeness (QED) is 0.633. The van der Waals surface area contributed by atoms with E-state index in [0.29, 0.717) is 0 Å². The summed E-state index contributed by atoms with van der Waals surface area (Å²) < 4.78 is 2.25. The molecule has 1 aromatic heterocycles. The number of aromatic nitrogens is 1. The molecule has 0 radical (unpaired) electrons. The Morgan fingerprint density at radius 3 is 2.50 bits per heavy atom. The molecule has 1 aromatic carbocycles. The van der Waals surface area contributed by atoms with Crippen molar-refractivity contribution in [3.63, 3.8) is 0 Å². The lowest BCUT2D eigenvalue weighted by Crippen LogP contribution is -2.20. The van der Waals surface area contributed by atoms with E-state index in [1.807, 2.05) is 12.1 Å². The minimum absolute atomic E-state index is 0.107. The molecule has 0 amide bonds. The third kappa shape index (κ3) is 1.27. The van der Waals surface area contributed by atoms with E-state index < -0.39 is 0 Å².